The number of rotatable bonds is 8. The second-order valence-electron chi connectivity index (χ2n) is 7.11. The summed E-state index contributed by atoms with van der Waals surface area (Å²) in [6.45, 7) is 7.27. The van der Waals surface area contributed by atoms with E-state index in [1.807, 2.05) is 0 Å². The average Bonchev–Trinajstić information content (AvgIpc) is 2.71. The molecule has 0 radical (unpaired) electrons. The van der Waals surface area contributed by atoms with Crippen LogP contribution in [-0.4, -0.2) is 18.6 Å². The van der Waals surface area contributed by atoms with E-state index >= 15 is 0 Å². The minimum Gasteiger partial charge on any atom is -0.496 e. The van der Waals surface area contributed by atoms with Crippen LogP contribution in [0.4, 0.5) is 0 Å². The molecule has 2 nitrogen and oxygen atoms in total. The quantitative estimate of drug-likeness (QED) is 0.522. The van der Waals surface area contributed by atoms with Crippen molar-refractivity contribution in [1.29, 1.82) is 0 Å². The van der Waals surface area contributed by atoms with E-state index in [2.05, 4.69) is 91.5 Å². The second-order valence-corrected chi connectivity index (χ2v) is 7.11. The molecule has 0 spiro atoms. The zero-order valence-corrected chi connectivity index (χ0v) is 16.6. The highest BCUT2D eigenvalue weighted by atomic mass is 16.5. The van der Waals surface area contributed by atoms with E-state index in [1.54, 1.807) is 7.11 Å². The van der Waals surface area contributed by atoms with Crippen molar-refractivity contribution >= 4 is 0 Å². The maximum absolute atomic E-state index is 5.47. The molecular weight excluding hydrogens is 330 g/mol. The van der Waals surface area contributed by atoms with E-state index in [-0.39, 0.29) is 0 Å². The summed E-state index contributed by atoms with van der Waals surface area (Å²) < 4.78 is 5.47. The number of methoxy groups -OCH3 is 1. The van der Waals surface area contributed by atoms with Crippen molar-refractivity contribution in [3.63, 3.8) is 0 Å². The Kier molecular flexibility index (Phi) is 6.67. The number of hydrogen-bond acceptors (Lipinski definition) is 2. The van der Waals surface area contributed by atoms with Gasteiger partial charge in [0.05, 0.1) is 7.11 Å². The van der Waals surface area contributed by atoms with Crippen LogP contribution in [0.1, 0.15) is 27.8 Å². The third-order valence-electron chi connectivity index (χ3n) is 5.27. The Hall–Kier alpha value is -2.58. The van der Waals surface area contributed by atoms with Gasteiger partial charge in [0.25, 0.3) is 0 Å². The summed E-state index contributed by atoms with van der Waals surface area (Å²) in [6.07, 6.45) is 1.06. The van der Waals surface area contributed by atoms with Gasteiger partial charge in [-0.15, -0.1) is 0 Å². The number of benzene rings is 3. The van der Waals surface area contributed by atoms with E-state index in [9.17, 15) is 0 Å². The zero-order valence-electron chi connectivity index (χ0n) is 16.6. The lowest BCUT2D eigenvalue weighted by atomic mass is 10.0. The molecule has 0 aliphatic carbocycles. The van der Waals surface area contributed by atoms with Crippen LogP contribution < -0.4 is 4.74 Å². The van der Waals surface area contributed by atoms with Gasteiger partial charge in [-0.1, -0.05) is 66.7 Å². The van der Waals surface area contributed by atoms with E-state index < -0.39 is 0 Å². The Bertz CT molecular complexity index is 843. The predicted octanol–water partition coefficient (Wildman–Crippen LogP) is 5.56. The fourth-order valence-corrected chi connectivity index (χ4v) is 3.47. The minimum absolute atomic E-state index is 0.943. The van der Waals surface area contributed by atoms with Crippen LogP contribution in [0.5, 0.6) is 5.75 Å². The van der Waals surface area contributed by atoms with Gasteiger partial charge in [0.1, 0.15) is 5.75 Å². The van der Waals surface area contributed by atoms with Gasteiger partial charge in [-0.05, 0) is 54.2 Å². The van der Waals surface area contributed by atoms with Crippen molar-refractivity contribution in [3.8, 4) is 5.75 Å². The summed E-state index contributed by atoms with van der Waals surface area (Å²) in [5.74, 6) is 0.968. The lowest BCUT2D eigenvalue weighted by molar-refractivity contribution is 0.259. The van der Waals surface area contributed by atoms with Gasteiger partial charge in [-0.3, -0.25) is 4.90 Å². The van der Waals surface area contributed by atoms with E-state index in [0.29, 0.717) is 0 Å². The standard InChI is InChI=1S/C25H29NO/c1-20-21(2)25(27-3)15-14-24(20)19-26(18-23-12-8-5-9-13-23)17-16-22-10-6-4-7-11-22/h4-15H,16-19H2,1-3H3. The third-order valence-corrected chi connectivity index (χ3v) is 5.27. The number of hydrogen-bond donors (Lipinski definition) is 0. The van der Waals surface area contributed by atoms with Crippen LogP contribution in [-0.2, 0) is 19.5 Å². The molecule has 140 valence electrons. The molecule has 0 saturated carbocycles. The van der Waals surface area contributed by atoms with E-state index in [4.69, 9.17) is 4.74 Å². The summed E-state index contributed by atoms with van der Waals surface area (Å²) >= 11 is 0. The first-order chi connectivity index (χ1) is 13.2. The SMILES string of the molecule is COc1ccc(CN(CCc2ccccc2)Cc2ccccc2)c(C)c1C. The fourth-order valence-electron chi connectivity index (χ4n) is 3.47. The first kappa shape index (κ1) is 19.2. The molecular formula is C25H29NO. The molecule has 0 aliphatic rings. The van der Waals surface area contributed by atoms with Crippen molar-refractivity contribution in [2.24, 2.45) is 0 Å². The average molecular weight is 360 g/mol. The molecule has 0 aliphatic heterocycles. The predicted molar refractivity (Wildman–Crippen MR) is 113 cm³/mol. The minimum atomic E-state index is 0.943. The highest BCUT2D eigenvalue weighted by molar-refractivity contribution is 5.43. The summed E-state index contributed by atoms with van der Waals surface area (Å²) in [7, 11) is 1.74. The highest BCUT2D eigenvalue weighted by Crippen LogP contribution is 2.25. The molecule has 0 unspecified atom stereocenters. The third kappa shape index (κ3) is 5.21. The zero-order chi connectivity index (χ0) is 19.1. The van der Waals surface area contributed by atoms with E-state index in [1.165, 1.54) is 27.8 Å². The van der Waals surface area contributed by atoms with Gasteiger partial charge >= 0.3 is 0 Å². The molecule has 0 heterocycles. The van der Waals surface area contributed by atoms with Gasteiger partial charge in [0.2, 0.25) is 0 Å². The second kappa shape index (κ2) is 9.38. The Morgan fingerprint density at radius 3 is 1.96 bits per heavy atom. The molecule has 0 amide bonds. The molecule has 27 heavy (non-hydrogen) atoms. The Morgan fingerprint density at radius 1 is 0.704 bits per heavy atom. The number of ether oxygens (including phenoxy) is 1. The molecule has 0 saturated heterocycles. The maximum Gasteiger partial charge on any atom is 0.122 e. The first-order valence-electron chi connectivity index (χ1n) is 9.60. The smallest absolute Gasteiger partial charge is 0.122 e. The van der Waals surface area contributed by atoms with Gasteiger partial charge < -0.3 is 4.74 Å². The summed E-state index contributed by atoms with van der Waals surface area (Å²) in [5, 5.41) is 0. The monoisotopic (exact) mass is 359 g/mol. The highest BCUT2D eigenvalue weighted by Gasteiger charge is 2.12. The molecule has 0 aromatic heterocycles. The van der Waals surface area contributed by atoms with Crippen LogP contribution in [0.25, 0.3) is 0 Å². The van der Waals surface area contributed by atoms with Crippen LogP contribution in [0.3, 0.4) is 0 Å². The lowest BCUT2D eigenvalue weighted by Crippen LogP contribution is -2.26. The molecule has 0 atom stereocenters. The van der Waals surface area contributed by atoms with Crippen molar-refractivity contribution in [2.75, 3.05) is 13.7 Å². The van der Waals surface area contributed by atoms with Crippen molar-refractivity contribution in [3.05, 3.63) is 101 Å². The molecule has 3 aromatic carbocycles. The largest absolute Gasteiger partial charge is 0.496 e. The number of nitrogens with zero attached hydrogens (tertiary/aromatic N) is 1. The first-order valence-corrected chi connectivity index (χ1v) is 9.60. The fraction of sp³-hybridized carbons (Fsp3) is 0.280. The molecule has 0 N–H and O–H groups in total. The van der Waals surface area contributed by atoms with Crippen molar-refractivity contribution in [1.82, 2.24) is 4.90 Å². The maximum atomic E-state index is 5.47. The van der Waals surface area contributed by atoms with Crippen molar-refractivity contribution in [2.45, 2.75) is 33.4 Å². The Labute approximate surface area is 163 Å². The van der Waals surface area contributed by atoms with E-state index in [0.717, 1.165) is 31.8 Å². The van der Waals surface area contributed by atoms with Gasteiger partial charge in [0.15, 0.2) is 0 Å². The van der Waals surface area contributed by atoms with Gasteiger partial charge in [-0.2, -0.15) is 0 Å². The lowest BCUT2D eigenvalue weighted by Gasteiger charge is -2.24. The van der Waals surface area contributed by atoms with Crippen molar-refractivity contribution < 1.29 is 4.74 Å². The van der Waals surface area contributed by atoms with Crippen LogP contribution >= 0.6 is 0 Å². The topological polar surface area (TPSA) is 12.5 Å². The Balaban J connectivity index is 1.77. The van der Waals surface area contributed by atoms with Gasteiger partial charge in [-0.25, -0.2) is 0 Å². The molecule has 3 rings (SSSR count). The molecule has 0 bridgehead atoms. The van der Waals surface area contributed by atoms with Crippen LogP contribution in [0.2, 0.25) is 0 Å². The summed E-state index contributed by atoms with van der Waals surface area (Å²) in [5.41, 5.74) is 6.67. The molecule has 2 heteroatoms. The van der Waals surface area contributed by atoms with Crippen LogP contribution in [0.15, 0.2) is 72.8 Å². The summed E-state index contributed by atoms with van der Waals surface area (Å²) in [4.78, 5) is 2.54. The molecule has 3 aromatic rings. The van der Waals surface area contributed by atoms with Gasteiger partial charge in [0, 0.05) is 19.6 Å². The normalized spacial score (nSPS) is 11.0. The molecule has 0 fully saturated rings. The summed E-state index contributed by atoms with van der Waals surface area (Å²) in [6, 6.07) is 25.8. The van der Waals surface area contributed by atoms with Crippen LogP contribution in [0, 0.1) is 13.8 Å². The Morgan fingerprint density at radius 2 is 1.33 bits per heavy atom.